The molecule has 2 aromatic carbocycles. The van der Waals surface area contributed by atoms with Crippen LogP contribution in [0.5, 0.6) is 0 Å². The van der Waals surface area contributed by atoms with Crippen LogP contribution < -0.4 is 11.1 Å². The van der Waals surface area contributed by atoms with Crippen LogP contribution in [0.2, 0.25) is 0 Å². The van der Waals surface area contributed by atoms with Gasteiger partial charge in [0, 0.05) is 5.39 Å². The van der Waals surface area contributed by atoms with E-state index < -0.39 is 5.91 Å². The average Bonchev–Trinajstić information content (AvgIpc) is 2.59. The van der Waals surface area contributed by atoms with Crippen LogP contribution in [-0.4, -0.2) is 15.9 Å². The summed E-state index contributed by atoms with van der Waals surface area (Å²) < 4.78 is 0. The van der Waals surface area contributed by atoms with Crippen molar-refractivity contribution in [2.45, 2.75) is 19.4 Å². The number of benzene rings is 2. The molecule has 0 aliphatic carbocycles. The third-order valence-corrected chi connectivity index (χ3v) is 3.85. The molecule has 3 rings (SSSR count). The van der Waals surface area contributed by atoms with Crippen molar-refractivity contribution < 1.29 is 4.79 Å². The second kappa shape index (κ2) is 6.44. The number of rotatable bonds is 5. The lowest BCUT2D eigenvalue weighted by molar-refractivity contribution is 0.100. The van der Waals surface area contributed by atoms with Crippen LogP contribution in [0.15, 0.2) is 54.9 Å². The monoisotopic (exact) mass is 306 g/mol. The molecule has 0 radical (unpaired) electrons. The predicted molar refractivity (Wildman–Crippen MR) is 91.2 cm³/mol. The largest absolute Gasteiger partial charge is 0.366 e. The van der Waals surface area contributed by atoms with Gasteiger partial charge in [0.15, 0.2) is 0 Å². The maximum atomic E-state index is 11.6. The van der Waals surface area contributed by atoms with Crippen LogP contribution in [-0.2, 0) is 0 Å². The van der Waals surface area contributed by atoms with Crippen LogP contribution in [0.4, 0.5) is 5.82 Å². The second-order valence-corrected chi connectivity index (χ2v) is 5.30. The molecular weight excluding hydrogens is 288 g/mol. The Labute approximate surface area is 134 Å². The number of hydrogen-bond acceptors (Lipinski definition) is 4. The summed E-state index contributed by atoms with van der Waals surface area (Å²) in [7, 11) is 0. The summed E-state index contributed by atoms with van der Waals surface area (Å²) in [4.78, 5) is 20.1. The van der Waals surface area contributed by atoms with Crippen LogP contribution in [0.1, 0.15) is 35.3 Å². The van der Waals surface area contributed by atoms with Crippen molar-refractivity contribution in [1.29, 1.82) is 0 Å². The Balaban J connectivity index is 2.03. The van der Waals surface area contributed by atoms with Gasteiger partial charge in [-0.25, -0.2) is 9.97 Å². The molecule has 1 atom stereocenters. The molecular formula is C18H18N4O. The molecule has 1 aromatic heterocycles. The highest BCUT2D eigenvalue weighted by Gasteiger charge is 2.14. The lowest BCUT2D eigenvalue weighted by Gasteiger charge is -2.19. The number of nitrogens with zero attached hydrogens (tertiary/aromatic N) is 2. The molecule has 0 fully saturated rings. The highest BCUT2D eigenvalue weighted by Crippen LogP contribution is 2.27. The molecule has 3 aromatic rings. The SMILES string of the molecule is CC[C@@H](Nc1ncnc2c(C(N)=O)cccc12)c1ccccc1. The predicted octanol–water partition coefficient (Wildman–Crippen LogP) is 3.29. The zero-order valence-corrected chi connectivity index (χ0v) is 12.9. The molecule has 3 N–H and O–H groups in total. The molecule has 0 aliphatic heterocycles. The molecule has 1 amide bonds. The molecule has 0 aliphatic rings. The van der Waals surface area contributed by atoms with Gasteiger partial charge in [0.05, 0.1) is 17.1 Å². The fourth-order valence-corrected chi connectivity index (χ4v) is 2.67. The van der Waals surface area contributed by atoms with E-state index in [1.54, 1.807) is 12.1 Å². The van der Waals surface area contributed by atoms with E-state index in [-0.39, 0.29) is 6.04 Å². The molecule has 0 unspecified atom stereocenters. The summed E-state index contributed by atoms with van der Waals surface area (Å²) >= 11 is 0. The van der Waals surface area contributed by atoms with Crippen molar-refractivity contribution in [3.63, 3.8) is 0 Å². The number of nitrogens with one attached hydrogen (secondary N) is 1. The number of para-hydroxylation sites is 1. The van der Waals surface area contributed by atoms with Gasteiger partial charge < -0.3 is 11.1 Å². The number of nitrogens with two attached hydrogens (primary N) is 1. The lowest BCUT2D eigenvalue weighted by atomic mass is 10.0. The summed E-state index contributed by atoms with van der Waals surface area (Å²) in [5.41, 5.74) is 7.59. The van der Waals surface area contributed by atoms with E-state index in [1.165, 1.54) is 11.9 Å². The minimum atomic E-state index is -0.490. The van der Waals surface area contributed by atoms with Gasteiger partial charge in [0.1, 0.15) is 12.1 Å². The van der Waals surface area contributed by atoms with Gasteiger partial charge in [-0.2, -0.15) is 0 Å². The first-order valence-electron chi connectivity index (χ1n) is 7.55. The number of primary amides is 1. The highest BCUT2D eigenvalue weighted by atomic mass is 16.1. The molecule has 1 heterocycles. The summed E-state index contributed by atoms with van der Waals surface area (Å²) in [6, 6.07) is 15.7. The smallest absolute Gasteiger partial charge is 0.250 e. The number of hydrogen-bond donors (Lipinski definition) is 2. The van der Waals surface area contributed by atoms with Crippen LogP contribution in [0.3, 0.4) is 0 Å². The van der Waals surface area contributed by atoms with Crippen molar-refractivity contribution in [3.05, 3.63) is 66.0 Å². The number of carbonyl (C=O) groups excluding carboxylic acids is 1. The summed E-state index contributed by atoms with van der Waals surface area (Å²) in [6.45, 7) is 2.11. The molecule has 0 saturated carbocycles. The minimum Gasteiger partial charge on any atom is -0.366 e. The Kier molecular flexibility index (Phi) is 4.19. The maximum Gasteiger partial charge on any atom is 0.250 e. The Morgan fingerprint density at radius 1 is 1.13 bits per heavy atom. The van der Waals surface area contributed by atoms with E-state index in [9.17, 15) is 4.79 Å². The quantitative estimate of drug-likeness (QED) is 0.758. The molecule has 5 heteroatoms. The van der Waals surface area contributed by atoms with Gasteiger partial charge in [-0.1, -0.05) is 43.3 Å². The number of fused-ring (bicyclic) bond motifs is 1. The van der Waals surface area contributed by atoms with Gasteiger partial charge in [-0.15, -0.1) is 0 Å². The van der Waals surface area contributed by atoms with Gasteiger partial charge in [-0.3, -0.25) is 4.79 Å². The topological polar surface area (TPSA) is 80.9 Å². The van der Waals surface area contributed by atoms with Gasteiger partial charge in [0.25, 0.3) is 5.91 Å². The summed E-state index contributed by atoms with van der Waals surface area (Å²) in [6.07, 6.45) is 2.36. The fourth-order valence-electron chi connectivity index (χ4n) is 2.67. The van der Waals surface area contributed by atoms with Crippen molar-refractivity contribution in [1.82, 2.24) is 9.97 Å². The van der Waals surface area contributed by atoms with E-state index in [4.69, 9.17) is 5.73 Å². The first-order chi connectivity index (χ1) is 11.2. The standard InChI is InChI=1S/C18H18N4O/c1-2-15(12-7-4-3-5-8-12)22-18-14-10-6-9-13(17(19)23)16(14)20-11-21-18/h3-11,15H,2H2,1H3,(H2,19,23)(H,20,21,22)/t15-/m1/s1. The molecule has 23 heavy (non-hydrogen) atoms. The molecule has 116 valence electrons. The van der Waals surface area contributed by atoms with Crippen LogP contribution in [0.25, 0.3) is 10.9 Å². The molecule has 0 spiro atoms. The third kappa shape index (κ3) is 2.99. The molecule has 0 bridgehead atoms. The Bertz CT molecular complexity index is 833. The molecule has 0 saturated heterocycles. The van der Waals surface area contributed by atoms with Gasteiger partial charge >= 0.3 is 0 Å². The number of amides is 1. The van der Waals surface area contributed by atoms with E-state index >= 15 is 0 Å². The van der Waals surface area contributed by atoms with E-state index in [0.29, 0.717) is 16.9 Å². The van der Waals surface area contributed by atoms with Crippen molar-refractivity contribution in [2.75, 3.05) is 5.32 Å². The third-order valence-electron chi connectivity index (χ3n) is 3.85. The first-order valence-corrected chi connectivity index (χ1v) is 7.55. The summed E-state index contributed by atoms with van der Waals surface area (Å²) in [5.74, 6) is 0.212. The lowest BCUT2D eigenvalue weighted by Crippen LogP contribution is -2.14. The first kappa shape index (κ1) is 15.0. The average molecular weight is 306 g/mol. The zero-order chi connectivity index (χ0) is 16.2. The number of anilines is 1. The highest BCUT2D eigenvalue weighted by molar-refractivity contribution is 6.06. The number of aromatic nitrogens is 2. The van der Waals surface area contributed by atoms with E-state index in [0.717, 1.165) is 11.8 Å². The van der Waals surface area contributed by atoms with Gasteiger partial charge in [0.2, 0.25) is 0 Å². The molecule has 5 nitrogen and oxygen atoms in total. The second-order valence-electron chi connectivity index (χ2n) is 5.30. The van der Waals surface area contributed by atoms with Gasteiger partial charge in [-0.05, 0) is 24.1 Å². The Morgan fingerprint density at radius 2 is 1.91 bits per heavy atom. The van der Waals surface area contributed by atoms with Crippen LogP contribution >= 0.6 is 0 Å². The van der Waals surface area contributed by atoms with Crippen molar-refractivity contribution in [2.24, 2.45) is 5.73 Å². The van der Waals surface area contributed by atoms with E-state index in [2.05, 4.69) is 34.3 Å². The zero-order valence-electron chi connectivity index (χ0n) is 12.9. The van der Waals surface area contributed by atoms with Crippen molar-refractivity contribution >= 4 is 22.6 Å². The normalized spacial score (nSPS) is 12.0. The maximum absolute atomic E-state index is 11.6. The van der Waals surface area contributed by atoms with Crippen molar-refractivity contribution in [3.8, 4) is 0 Å². The fraction of sp³-hybridized carbons (Fsp3) is 0.167. The Hall–Kier alpha value is -2.95. The van der Waals surface area contributed by atoms with E-state index in [1.807, 2.05) is 24.3 Å². The number of carbonyl (C=O) groups is 1. The van der Waals surface area contributed by atoms with Crippen LogP contribution in [0, 0.1) is 0 Å². The summed E-state index contributed by atoms with van der Waals surface area (Å²) in [5, 5.41) is 4.24. The minimum absolute atomic E-state index is 0.131. The Morgan fingerprint density at radius 3 is 2.61 bits per heavy atom.